The summed E-state index contributed by atoms with van der Waals surface area (Å²) in [6.45, 7) is 3.98. The van der Waals surface area contributed by atoms with E-state index in [9.17, 15) is 14.0 Å². The maximum atomic E-state index is 13.9. The van der Waals surface area contributed by atoms with Crippen LogP contribution in [0.25, 0.3) is 5.70 Å². The highest BCUT2D eigenvalue weighted by Crippen LogP contribution is 2.21. The third-order valence-corrected chi connectivity index (χ3v) is 5.74. The normalized spacial score (nSPS) is 10.8. The lowest BCUT2D eigenvalue weighted by atomic mass is 10.0. The minimum atomic E-state index is -0.631. The van der Waals surface area contributed by atoms with Crippen molar-refractivity contribution < 1.29 is 19.1 Å². The summed E-state index contributed by atoms with van der Waals surface area (Å²) in [4.78, 5) is 29.7. The molecule has 1 unspecified atom stereocenters. The number of benzene rings is 2. The van der Waals surface area contributed by atoms with Gasteiger partial charge in [-0.1, -0.05) is 37.6 Å². The average molecular weight is 533 g/mol. The van der Waals surface area contributed by atoms with E-state index in [1.165, 1.54) is 18.3 Å². The molecule has 0 bridgehead atoms. The number of aliphatic hydroxyl groups excluding tert-OH is 1. The first-order valence-electron chi connectivity index (χ1n) is 10.5. The molecule has 1 heterocycles. The van der Waals surface area contributed by atoms with Gasteiger partial charge in [-0.15, -0.1) is 9.24 Å². The van der Waals surface area contributed by atoms with Crippen LogP contribution in [0.2, 0.25) is 5.02 Å². The Morgan fingerprint density at radius 3 is 2.31 bits per heavy atom. The number of rotatable bonds is 6. The van der Waals surface area contributed by atoms with Crippen molar-refractivity contribution in [1.82, 2.24) is 4.98 Å². The predicted octanol–water partition coefficient (Wildman–Crippen LogP) is 5.22. The van der Waals surface area contributed by atoms with E-state index in [-0.39, 0.29) is 24.5 Å². The molecule has 2 aromatic carbocycles. The molecule has 10 heteroatoms. The summed E-state index contributed by atoms with van der Waals surface area (Å²) in [5, 5.41) is 13.3. The number of nitrogens with zero attached hydrogens (tertiary/aromatic N) is 1. The SMILES string of the molecule is C.CC/C(C)=C(\N)c1ccc(C(=O)Nc2ccc(F)cc2C(=O)Nc2ccc(Cl)cn2)c(P)c1.CO. The summed E-state index contributed by atoms with van der Waals surface area (Å²) in [7, 11) is 3.52. The zero-order valence-electron chi connectivity index (χ0n) is 19.5. The summed E-state index contributed by atoms with van der Waals surface area (Å²) in [6.07, 6.45) is 2.20. The van der Waals surface area contributed by atoms with E-state index < -0.39 is 17.6 Å². The predicted molar refractivity (Wildman–Crippen MR) is 149 cm³/mol. The molecule has 2 amide bonds. The molecule has 0 saturated heterocycles. The van der Waals surface area contributed by atoms with Gasteiger partial charge in [0.15, 0.2) is 0 Å². The first-order valence-corrected chi connectivity index (χ1v) is 11.5. The molecule has 36 heavy (non-hydrogen) atoms. The van der Waals surface area contributed by atoms with Crippen molar-refractivity contribution in [2.45, 2.75) is 27.7 Å². The van der Waals surface area contributed by atoms with Crippen LogP contribution in [0.1, 0.15) is 54.0 Å². The van der Waals surface area contributed by atoms with Crippen LogP contribution in [0.15, 0.2) is 60.3 Å². The minimum absolute atomic E-state index is 0. The lowest BCUT2D eigenvalue weighted by molar-refractivity contribution is 0.102. The number of carbonyl (C=O) groups is 2. The van der Waals surface area contributed by atoms with Crippen molar-refractivity contribution in [2.75, 3.05) is 17.7 Å². The Kier molecular flexibility index (Phi) is 12.2. The number of allylic oxidation sites excluding steroid dienone is 1. The van der Waals surface area contributed by atoms with Gasteiger partial charge < -0.3 is 21.5 Å². The molecule has 0 aliphatic rings. The van der Waals surface area contributed by atoms with Crippen LogP contribution in [0.4, 0.5) is 15.9 Å². The van der Waals surface area contributed by atoms with E-state index in [1.807, 2.05) is 13.8 Å². The fourth-order valence-corrected chi connectivity index (χ4v) is 3.53. The second kappa shape index (κ2) is 14.3. The first kappa shape index (κ1) is 30.7. The zero-order chi connectivity index (χ0) is 26.1. The van der Waals surface area contributed by atoms with Gasteiger partial charge in [0.05, 0.1) is 16.3 Å². The van der Waals surface area contributed by atoms with Crippen LogP contribution in [-0.2, 0) is 0 Å². The molecule has 5 N–H and O–H groups in total. The van der Waals surface area contributed by atoms with E-state index in [0.29, 0.717) is 21.6 Å². The fourth-order valence-electron chi connectivity index (χ4n) is 3.01. The lowest BCUT2D eigenvalue weighted by Crippen LogP contribution is -2.22. The lowest BCUT2D eigenvalue weighted by Gasteiger charge is -2.14. The van der Waals surface area contributed by atoms with E-state index >= 15 is 0 Å². The molecule has 192 valence electrons. The number of hydrogen-bond acceptors (Lipinski definition) is 5. The van der Waals surface area contributed by atoms with Gasteiger partial charge in [-0.25, -0.2) is 9.37 Å². The molecular formula is C26H31ClFN4O3P. The average Bonchev–Trinajstić information content (AvgIpc) is 2.86. The highest BCUT2D eigenvalue weighted by molar-refractivity contribution is 7.27. The number of amides is 2. The summed E-state index contributed by atoms with van der Waals surface area (Å²) >= 11 is 5.81. The monoisotopic (exact) mass is 532 g/mol. The van der Waals surface area contributed by atoms with Crippen LogP contribution in [0.5, 0.6) is 0 Å². The van der Waals surface area contributed by atoms with Crippen LogP contribution in [0.3, 0.4) is 0 Å². The number of aliphatic hydroxyl groups is 1. The second-order valence-corrected chi connectivity index (χ2v) is 8.37. The maximum Gasteiger partial charge on any atom is 0.259 e. The van der Waals surface area contributed by atoms with Crippen LogP contribution >= 0.6 is 20.8 Å². The Labute approximate surface area is 218 Å². The zero-order valence-corrected chi connectivity index (χ0v) is 21.4. The minimum Gasteiger partial charge on any atom is -0.400 e. The summed E-state index contributed by atoms with van der Waals surface area (Å²) in [6, 6.07) is 11.8. The Morgan fingerprint density at radius 1 is 1.06 bits per heavy atom. The van der Waals surface area contributed by atoms with Crippen molar-refractivity contribution in [3.8, 4) is 0 Å². The standard InChI is InChI=1S/C24H23ClFN4O2P.CH4O.CH4/c1-3-13(2)22(27)14-4-7-17(20(33)10-14)23(31)29-19-8-6-16(26)11-18(19)24(32)30-21-9-5-15(25)12-28-21;1-2;/h4-12H,3,27,33H2,1-2H3,(H,29,31)(H,28,30,32);2H,1H3;1H4/b22-13-;;. The maximum absolute atomic E-state index is 13.9. The molecule has 0 aliphatic carbocycles. The van der Waals surface area contributed by atoms with E-state index in [4.69, 9.17) is 22.4 Å². The molecule has 0 radical (unpaired) electrons. The highest BCUT2D eigenvalue weighted by Gasteiger charge is 2.18. The van der Waals surface area contributed by atoms with Crippen LogP contribution < -0.4 is 21.7 Å². The topological polar surface area (TPSA) is 117 Å². The van der Waals surface area contributed by atoms with Gasteiger partial charge in [0.25, 0.3) is 11.8 Å². The van der Waals surface area contributed by atoms with Gasteiger partial charge in [-0.05, 0) is 66.7 Å². The largest absolute Gasteiger partial charge is 0.400 e. The smallest absolute Gasteiger partial charge is 0.259 e. The van der Waals surface area contributed by atoms with E-state index in [0.717, 1.165) is 36.8 Å². The van der Waals surface area contributed by atoms with Gasteiger partial charge >= 0.3 is 0 Å². The molecular weight excluding hydrogens is 502 g/mol. The first-order chi connectivity index (χ1) is 16.7. The molecule has 0 aliphatic heterocycles. The van der Waals surface area contributed by atoms with Gasteiger partial charge in [-0.3, -0.25) is 9.59 Å². The molecule has 1 aromatic heterocycles. The fraction of sp³-hybridized carbons (Fsp3) is 0.192. The number of anilines is 2. The van der Waals surface area contributed by atoms with E-state index in [1.54, 1.807) is 24.3 Å². The van der Waals surface area contributed by atoms with Crippen molar-refractivity contribution in [3.63, 3.8) is 0 Å². The Bertz CT molecular complexity index is 1250. The van der Waals surface area contributed by atoms with Crippen LogP contribution in [0, 0.1) is 5.82 Å². The quantitative estimate of drug-likeness (QED) is 0.325. The number of nitrogens with two attached hydrogens (primary N) is 1. The van der Waals surface area contributed by atoms with Crippen LogP contribution in [-0.4, -0.2) is 29.0 Å². The molecule has 0 saturated carbocycles. The number of nitrogens with one attached hydrogen (secondary N) is 2. The highest BCUT2D eigenvalue weighted by atomic mass is 35.5. The van der Waals surface area contributed by atoms with Crippen molar-refractivity contribution >= 4 is 55.2 Å². The van der Waals surface area contributed by atoms with Crippen molar-refractivity contribution in [3.05, 3.63) is 87.8 Å². The van der Waals surface area contributed by atoms with Gasteiger partial charge in [0.1, 0.15) is 11.6 Å². The van der Waals surface area contributed by atoms with Crippen molar-refractivity contribution in [2.24, 2.45) is 5.73 Å². The number of carbonyl (C=O) groups excluding carboxylic acids is 2. The third kappa shape index (κ3) is 7.85. The summed E-state index contributed by atoms with van der Waals surface area (Å²) < 4.78 is 13.9. The third-order valence-electron chi connectivity index (χ3n) is 5.04. The number of aromatic nitrogens is 1. The van der Waals surface area contributed by atoms with Crippen molar-refractivity contribution in [1.29, 1.82) is 0 Å². The van der Waals surface area contributed by atoms with Gasteiger partial charge in [0.2, 0.25) is 0 Å². The second-order valence-electron chi connectivity index (χ2n) is 7.31. The molecule has 1 atom stereocenters. The Morgan fingerprint density at radius 2 is 1.72 bits per heavy atom. The molecule has 3 rings (SSSR count). The molecule has 7 nitrogen and oxygen atoms in total. The summed E-state index contributed by atoms with van der Waals surface area (Å²) in [5.41, 5.74) is 9.20. The number of halogens is 2. The van der Waals surface area contributed by atoms with E-state index in [2.05, 4.69) is 24.9 Å². The molecule has 0 spiro atoms. The molecule has 0 fully saturated rings. The summed E-state index contributed by atoms with van der Waals surface area (Å²) in [5.74, 6) is -1.46. The van der Waals surface area contributed by atoms with Gasteiger partial charge in [0, 0.05) is 24.6 Å². The molecule has 3 aromatic rings. The van der Waals surface area contributed by atoms with Gasteiger partial charge in [-0.2, -0.15) is 0 Å². The number of hydrogen-bond donors (Lipinski definition) is 4. The Hall–Kier alpha value is -3.32. The number of pyridine rings is 1. The Balaban J connectivity index is 0.00000211.